The third-order valence-corrected chi connectivity index (χ3v) is 13.8. The molecule has 0 bridgehead atoms. The van der Waals surface area contributed by atoms with Gasteiger partial charge in [0.15, 0.2) is 0 Å². The molecule has 4 heteroatoms. The molecule has 1 N–H and O–H groups in total. The van der Waals surface area contributed by atoms with E-state index in [-0.39, 0.29) is 22.0 Å². The summed E-state index contributed by atoms with van der Waals surface area (Å²) >= 11 is 0. The summed E-state index contributed by atoms with van der Waals surface area (Å²) in [6.07, 6.45) is 1.91. The van der Waals surface area contributed by atoms with Crippen molar-refractivity contribution in [2.24, 2.45) is 0 Å². The lowest BCUT2D eigenvalue weighted by Gasteiger charge is -2.27. The van der Waals surface area contributed by atoms with Gasteiger partial charge >= 0.3 is 0 Å². The summed E-state index contributed by atoms with van der Waals surface area (Å²) in [6, 6.07) is 55.4. The zero-order chi connectivity index (χ0) is 51.7. The fourth-order valence-corrected chi connectivity index (χ4v) is 9.68. The number of fused-ring (bicyclic) bond motifs is 1. The van der Waals surface area contributed by atoms with E-state index in [0.29, 0.717) is 11.4 Å². The number of imidazole rings is 1. The highest BCUT2D eigenvalue weighted by molar-refractivity contribution is 5.97. The van der Waals surface area contributed by atoms with Crippen LogP contribution in [-0.4, -0.2) is 19.6 Å². The van der Waals surface area contributed by atoms with Crippen LogP contribution in [0.15, 0.2) is 164 Å². The van der Waals surface area contributed by atoms with Gasteiger partial charge in [0.25, 0.3) is 0 Å². The van der Waals surface area contributed by atoms with Crippen molar-refractivity contribution in [3.63, 3.8) is 0 Å². The molecule has 0 unspecified atom stereocenters. The van der Waals surface area contributed by atoms with Gasteiger partial charge in [-0.2, -0.15) is 0 Å². The van der Waals surface area contributed by atoms with Gasteiger partial charge in [-0.15, -0.1) is 0 Å². The lowest BCUT2D eigenvalue weighted by atomic mass is 9.79. The number of para-hydroxylation sites is 1. The van der Waals surface area contributed by atoms with Crippen LogP contribution in [0.4, 0.5) is 0 Å². The molecule has 0 fully saturated rings. The van der Waals surface area contributed by atoms with Crippen LogP contribution in [0, 0.1) is 0 Å². The van der Waals surface area contributed by atoms with Gasteiger partial charge in [-0.05, 0) is 138 Å². The molecule has 0 spiro atoms. The second-order valence-corrected chi connectivity index (χ2v) is 22.6. The standard InChI is InChI=1S/C66H69N3O/c1-41(2)53-21-17-22-54(42(3)4)60(53)46-29-31-52(32-30-46)69-59-24-18-23-55(61(59)68-63(69)56-39-51(65(8,9)10)40-57(62(56)70)66(11,12)13)48-35-49(37-50(36-48)64(5,6)7)58-38-47(33-34-67-58)45-27-25-44(26-28-45)43-19-15-14-16-20-43/h14-42,70H,1-13H3/i41D,42D. The third-order valence-electron chi connectivity index (χ3n) is 13.8. The number of aromatic hydroxyl groups is 1. The van der Waals surface area contributed by atoms with Crippen LogP contribution in [0.5, 0.6) is 5.75 Å². The Morgan fingerprint density at radius 1 is 0.486 bits per heavy atom. The number of hydrogen-bond donors (Lipinski definition) is 1. The highest BCUT2D eigenvalue weighted by Crippen LogP contribution is 2.46. The number of rotatable bonds is 9. The zero-order valence-corrected chi connectivity index (χ0v) is 43.4. The number of benzene rings is 7. The first-order chi connectivity index (χ1) is 33.8. The second kappa shape index (κ2) is 18.4. The maximum Gasteiger partial charge on any atom is 0.149 e. The maximum absolute atomic E-state index is 12.5. The predicted molar refractivity (Wildman–Crippen MR) is 297 cm³/mol. The van der Waals surface area contributed by atoms with Gasteiger partial charge < -0.3 is 5.11 Å². The highest BCUT2D eigenvalue weighted by Gasteiger charge is 2.29. The zero-order valence-electron chi connectivity index (χ0n) is 45.4. The number of hydrogen-bond acceptors (Lipinski definition) is 3. The molecule has 354 valence electrons. The van der Waals surface area contributed by atoms with E-state index < -0.39 is 11.8 Å². The minimum atomic E-state index is -0.891. The Balaban J connectivity index is 1.26. The predicted octanol–water partition coefficient (Wildman–Crippen LogP) is 18.3. The van der Waals surface area contributed by atoms with Crippen molar-refractivity contribution in [2.75, 3.05) is 0 Å². The molecule has 9 rings (SSSR count). The van der Waals surface area contributed by atoms with Crippen LogP contribution >= 0.6 is 0 Å². The third kappa shape index (κ3) is 9.37. The van der Waals surface area contributed by atoms with Gasteiger partial charge in [0.05, 0.1) is 22.3 Å². The van der Waals surface area contributed by atoms with Gasteiger partial charge in [-0.1, -0.05) is 199 Å². The van der Waals surface area contributed by atoms with Gasteiger partial charge in [0.1, 0.15) is 11.6 Å². The molecule has 0 radical (unpaired) electrons. The van der Waals surface area contributed by atoms with Gasteiger partial charge in [-0.3, -0.25) is 9.55 Å². The molecule has 2 aromatic heterocycles. The van der Waals surface area contributed by atoms with E-state index in [2.05, 4.69) is 200 Å². The summed E-state index contributed by atoms with van der Waals surface area (Å²) in [7, 11) is 0. The molecular weight excluding hydrogens is 851 g/mol. The lowest BCUT2D eigenvalue weighted by molar-refractivity contribution is 0.446. The first-order valence-electron chi connectivity index (χ1n) is 25.7. The van der Waals surface area contributed by atoms with Crippen molar-refractivity contribution in [1.29, 1.82) is 0 Å². The normalized spacial score (nSPS) is 13.1. The van der Waals surface area contributed by atoms with Crippen molar-refractivity contribution in [3.8, 4) is 78.6 Å². The van der Waals surface area contributed by atoms with E-state index in [0.717, 1.165) is 83.6 Å². The molecular formula is C66H69N3O. The number of phenolic OH excluding ortho intramolecular Hbond substituents is 1. The molecule has 0 aliphatic rings. The molecule has 0 saturated heterocycles. The summed E-state index contributed by atoms with van der Waals surface area (Å²) in [6.45, 7) is 27.5. The molecule has 0 saturated carbocycles. The minimum absolute atomic E-state index is 0.179. The van der Waals surface area contributed by atoms with E-state index in [1.54, 1.807) is 0 Å². The smallest absolute Gasteiger partial charge is 0.149 e. The number of nitrogens with zero attached hydrogens (tertiary/aromatic N) is 3. The van der Waals surface area contributed by atoms with Gasteiger partial charge in [0, 0.05) is 31.3 Å². The number of pyridine rings is 1. The monoisotopic (exact) mass is 922 g/mol. The van der Waals surface area contributed by atoms with Crippen molar-refractivity contribution < 1.29 is 7.85 Å². The van der Waals surface area contributed by atoms with E-state index >= 15 is 0 Å². The average Bonchev–Trinajstić information content (AvgIpc) is 3.72. The molecule has 4 nitrogen and oxygen atoms in total. The summed E-state index contributed by atoms with van der Waals surface area (Å²) in [4.78, 5) is 10.6. The maximum atomic E-state index is 12.5. The van der Waals surface area contributed by atoms with Crippen LogP contribution < -0.4 is 0 Å². The molecule has 0 amide bonds. The largest absolute Gasteiger partial charge is 0.507 e. The van der Waals surface area contributed by atoms with Gasteiger partial charge in [0.2, 0.25) is 0 Å². The summed E-state index contributed by atoms with van der Waals surface area (Å²) in [5.74, 6) is -0.924. The van der Waals surface area contributed by atoms with Crippen LogP contribution in [0.2, 0.25) is 0 Å². The molecule has 0 aliphatic carbocycles. The molecule has 0 atom stereocenters. The molecule has 9 aromatic rings. The van der Waals surface area contributed by atoms with Crippen LogP contribution in [0.3, 0.4) is 0 Å². The fraction of sp³-hybridized carbons (Fsp3) is 0.273. The van der Waals surface area contributed by atoms with Crippen molar-refractivity contribution in [3.05, 3.63) is 192 Å². The molecule has 70 heavy (non-hydrogen) atoms. The minimum Gasteiger partial charge on any atom is -0.507 e. The van der Waals surface area contributed by atoms with Crippen molar-refractivity contribution in [1.82, 2.24) is 14.5 Å². The highest BCUT2D eigenvalue weighted by atomic mass is 16.3. The molecule has 0 aliphatic heterocycles. The van der Waals surface area contributed by atoms with E-state index in [1.807, 2.05) is 58.2 Å². The first kappa shape index (κ1) is 45.4. The average molecular weight is 922 g/mol. The Morgan fingerprint density at radius 3 is 1.64 bits per heavy atom. The quantitative estimate of drug-likeness (QED) is 0.157. The Bertz CT molecular complexity index is 3430. The first-order valence-corrected chi connectivity index (χ1v) is 24.7. The van der Waals surface area contributed by atoms with Crippen molar-refractivity contribution in [2.45, 2.75) is 118 Å². The summed E-state index contributed by atoms with van der Waals surface area (Å²) in [5, 5.41) is 12.5. The Labute approximate surface area is 420 Å². The van der Waals surface area contributed by atoms with E-state index in [1.165, 1.54) is 16.7 Å². The Kier molecular flexibility index (Phi) is 11.9. The van der Waals surface area contributed by atoms with Gasteiger partial charge in [-0.25, -0.2) is 4.98 Å². The Morgan fingerprint density at radius 2 is 1.04 bits per heavy atom. The summed E-state index contributed by atoms with van der Waals surface area (Å²) < 4.78 is 20.5. The van der Waals surface area contributed by atoms with E-state index in [9.17, 15) is 5.11 Å². The Hall–Kier alpha value is -7.04. The number of aromatic nitrogens is 3. The fourth-order valence-electron chi connectivity index (χ4n) is 9.68. The molecule has 7 aromatic carbocycles. The lowest BCUT2D eigenvalue weighted by Crippen LogP contribution is -2.17. The number of phenols is 1. The van der Waals surface area contributed by atoms with Crippen LogP contribution in [0.25, 0.3) is 83.9 Å². The second-order valence-electron chi connectivity index (χ2n) is 22.6. The summed E-state index contributed by atoms with van der Waals surface area (Å²) in [5.41, 5.74) is 17.8. The molecule has 2 heterocycles. The van der Waals surface area contributed by atoms with Crippen LogP contribution in [-0.2, 0) is 16.2 Å². The van der Waals surface area contributed by atoms with Crippen molar-refractivity contribution >= 4 is 11.0 Å². The van der Waals surface area contributed by atoms with Crippen LogP contribution in [0.1, 0.15) is 132 Å². The van der Waals surface area contributed by atoms with E-state index in [4.69, 9.17) is 12.7 Å². The topological polar surface area (TPSA) is 50.9 Å². The SMILES string of the molecule is [2H]C(C)(C)c1cccc(C([2H])(C)C)c1-c1ccc(-n2c(-c3cc(C(C)(C)C)cc(C(C)(C)C)c3O)nc3c(-c4cc(-c5cc(-c6ccc(-c7ccccc7)cc6)ccn5)cc(C(C)(C)C)c4)cccc32)cc1.